The third-order valence-electron chi connectivity index (χ3n) is 4.94. The fourth-order valence-corrected chi connectivity index (χ4v) is 3.78. The Kier molecular flexibility index (Phi) is 4.07. The maximum Gasteiger partial charge on any atom is 0.407 e. The second kappa shape index (κ2) is 5.21. The van der Waals surface area contributed by atoms with Gasteiger partial charge in [0.15, 0.2) is 0 Å². The Labute approximate surface area is 122 Å². The number of carbonyl (C=O) groups is 1. The summed E-state index contributed by atoms with van der Waals surface area (Å²) in [5.41, 5.74) is 6.04. The molecule has 2 rings (SSSR count). The number of hydrogen-bond acceptors (Lipinski definition) is 3. The van der Waals surface area contributed by atoms with Crippen molar-refractivity contribution in [3.63, 3.8) is 0 Å². The highest BCUT2D eigenvalue weighted by Gasteiger charge is 2.58. The van der Waals surface area contributed by atoms with Gasteiger partial charge in [0.2, 0.25) is 0 Å². The molecule has 4 heteroatoms. The number of nitrogens with two attached hydrogens (primary N) is 1. The molecule has 0 aliphatic heterocycles. The summed E-state index contributed by atoms with van der Waals surface area (Å²) in [7, 11) is 0. The van der Waals surface area contributed by atoms with Gasteiger partial charge in [-0.25, -0.2) is 4.79 Å². The van der Waals surface area contributed by atoms with E-state index >= 15 is 0 Å². The summed E-state index contributed by atoms with van der Waals surface area (Å²) < 4.78 is 5.34. The summed E-state index contributed by atoms with van der Waals surface area (Å²) in [6.45, 7) is 10.2. The molecule has 0 spiro atoms. The first kappa shape index (κ1) is 15.6. The molecule has 0 heterocycles. The van der Waals surface area contributed by atoms with E-state index in [4.69, 9.17) is 10.5 Å². The zero-order valence-electron chi connectivity index (χ0n) is 13.5. The van der Waals surface area contributed by atoms with Crippen molar-refractivity contribution in [2.24, 2.45) is 23.0 Å². The standard InChI is InChI=1S/C16H30N2O2/c1-15(2,3)20-14(19)18-11-8-6-7-10(9-11)12-13(17)16(12,4)5/h10-13H,6-9,17H2,1-5H3,(H,18,19)/t10?,11-,12+,13+/m1/s1. The van der Waals surface area contributed by atoms with E-state index in [-0.39, 0.29) is 17.6 Å². The van der Waals surface area contributed by atoms with Crippen LogP contribution >= 0.6 is 0 Å². The Morgan fingerprint density at radius 2 is 1.90 bits per heavy atom. The first-order chi connectivity index (χ1) is 9.11. The van der Waals surface area contributed by atoms with Crippen LogP contribution in [0.4, 0.5) is 4.79 Å². The minimum atomic E-state index is -0.432. The Bertz CT molecular complexity index is 373. The van der Waals surface area contributed by atoms with Crippen molar-refractivity contribution in [3.05, 3.63) is 0 Å². The maximum atomic E-state index is 11.9. The van der Waals surface area contributed by atoms with Crippen molar-refractivity contribution in [1.82, 2.24) is 5.32 Å². The normalized spacial score (nSPS) is 36.3. The molecule has 0 aromatic heterocycles. The van der Waals surface area contributed by atoms with Crippen molar-refractivity contribution < 1.29 is 9.53 Å². The molecule has 0 radical (unpaired) electrons. The van der Waals surface area contributed by atoms with Crippen molar-refractivity contribution >= 4 is 6.09 Å². The van der Waals surface area contributed by atoms with Crippen LogP contribution in [0.25, 0.3) is 0 Å². The summed E-state index contributed by atoms with van der Waals surface area (Å²) >= 11 is 0. The van der Waals surface area contributed by atoms with Gasteiger partial charge in [-0.2, -0.15) is 0 Å². The minimum Gasteiger partial charge on any atom is -0.444 e. The quantitative estimate of drug-likeness (QED) is 0.818. The lowest BCUT2D eigenvalue weighted by molar-refractivity contribution is 0.0481. The highest BCUT2D eigenvalue weighted by Crippen LogP contribution is 2.57. The fraction of sp³-hybridized carbons (Fsp3) is 0.938. The number of rotatable bonds is 2. The summed E-state index contributed by atoms with van der Waals surface area (Å²) in [6, 6.07) is 0.569. The lowest BCUT2D eigenvalue weighted by atomic mass is 9.80. The van der Waals surface area contributed by atoms with E-state index < -0.39 is 5.60 Å². The highest BCUT2D eigenvalue weighted by atomic mass is 16.6. The zero-order valence-corrected chi connectivity index (χ0v) is 13.5. The van der Waals surface area contributed by atoms with Crippen LogP contribution in [0.3, 0.4) is 0 Å². The molecule has 2 fully saturated rings. The monoisotopic (exact) mass is 282 g/mol. The molecule has 4 atom stereocenters. The van der Waals surface area contributed by atoms with E-state index in [0.29, 0.717) is 17.9 Å². The van der Waals surface area contributed by atoms with Gasteiger partial charge >= 0.3 is 6.09 Å². The largest absolute Gasteiger partial charge is 0.444 e. The van der Waals surface area contributed by atoms with Crippen molar-refractivity contribution in [3.8, 4) is 0 Å². The van der Waals surface area contributed by atoms with Gasteiger partial charge in [0.25, 0.3) is 0 Å². The average molecular weight is 282 g/mol. The smallest absolute Gasteiger partial charge is 0.407 e. The molecule has 0 aromatic rings. The van der Waals surface area contributed by atoms with E-state index in [1.165, 1.54) is 12.8 Å². The lowest BCUT2D eigenvalue weighted by Gasteiger charge is -2.31. The summed E-state index contributed by atoms with van der Waals surface area (Å²) in [6.07, 6.45) is 4.22. The number of amides is 1. The van der Waals surface area contributed by atoms with Crippen molar-refractivity contribution in [2.75, 3.05) is 0 Å². The topological polar surface area (TPSA) is 64.3 Å². The lowest BCUT2D eigenvalue weighted by Crippen LogP contribution is -2.42. The first-order valence-corrected chi connectivity index (χ1v) is 7.86. The molecule has 3 N–H and O–H groups in total. The van der Waals surface area contributed by atoms with Gasteiger partial charge < -0.3 is 15.8 Å². The molecule has 20 heavy (non-hydrogen) atoms. The molecule has 2 aliphatic rings. The predicted molar refractivity (Wildman–Crippen MR) is 80.4 cm³/mol. The van der Waals surface area contributed by atoms with Crippen molar-refractivity contribution in [1.29, 1.82) is 0 Å². The third-order valence-corrected chi connectivity index (χ3v) is 4.94. The van der Waals surface area contributed by atoms with Gasteiger partial charge in [-0.05, 0) is 57.3 Å². The molecule has 2 saturated carbocycles. The number of nitrogens with one attached hydrogen (secondary N) is 1. The van der Waals surface area contributed by atoms with E-state index in [9.17, 15) is 4.79 Å². The Balaban J connectivity index is 1.84. The van der Waals surface area contributed by atoms with Crippen molar-refractivity contribution in [2.45, 2.75) is 78.0 Å². The van der Waals surface area contributed by atoms with E-state index in [2.05, 4.69) is 19.2 Å². The molecule has 0 saturated heterocycles. The molecule has 1 amide bonds. The molecule has 0 bridgehead atoms. The van der Waals surface area contributed by atoms with Crippen LogP contribution in [0.15, 0.2) is 0 Å². The fourth-order valence-electron chi connectivity index (χ4n) is 3.78. The Morgan fingerprint density at radius 1 is 1.30 bits per heavy atom. The number of ether oxygens (including phenoxy) is 1. The van der Waals surface area contributed by atoms with E-state index in [0.717, 1.165) is 12.8 Å². The average Bonchev–Trinajstić information content (AvgIpc) is 2.75. The number of hydrogen-bond donors (Lipinski definition) is 2. The maximum absolute atomic E-state index is 11.9. The van der Waals surface area contributed by atoms with Crippen LogP contribution in [0.5, 0.6) is 0 Å². The Hall–Kier alpha value is -0.770. The molecule has 1 unspecified atom stereocenters. The number of alkyl carbamates (subject to hydrolysis) is 1. The van der Waals surface area contributed by atoms with E-state index in [1.54, 1.807) is 0 Å². The van der Waals surface area contributed by atoms with Gasteiger partial charge in [-0.1, -0.05) is 20.3 Å². The van der Waals surface area contributed by atoms with Gasteiger partial charge in [0.05, 0.1) is 0 Å². The SMILES string of the molecule is CC(C)(C)OC(=O)N[C@@H]1CCCC([C@H]2[C@H](N)C2(C)C)C1. The van der Waals surface area contributed by atoms with Crippen LogP contribution < -0.4 is 11.1 Å². The zero-order chi connectivity index (χ0) is 15.1. The number of carbonyl (C=O) groups excluding carboxylic acids is 1. The van der Waals surface area contributed by atoms with Crippen LogP contribution in [0.1, 0.15) is 60.3 Å². The predicted octanol–water partition coefficient (Wildman–Crippen LogP) is 3.05. The molecular formula is C16H30N2O2. The second-order valence-corrected chi connectivity index (χ2v) is 8.14. The molecule has 4 nitrogen and oxygen atoms in total. The Morgan fingerprint density at radius 3 is 2.40 bits per heavy atom. The van der Waals surface area contributed by atoms with E-state index in [1.807, 2.05) is 20.8 Å². The molecular weight excluding hydrogens is 252 g/mol. The summed E-state index contributed by atoms with van der Waals surface area (Å²) in [5, 5.41) is 3.03. The second-order valence-electron chi connectivity index (χ2n) is 8.14. The van der Waals surface area contributed by atoms with Crippen LogP contribution in [0, 0.1) is 17.3 Å². The summed E-state index contributed by atoms with van der Waals surface area (Å²) in [5.74, 6) is 1.26. The highest BCUT2D eigenvalue weighted by molar-refractivity contribution is 5.68. The minimum absolute atomic E-state index is 0.243. The van der Waals surface area contributed by atoms with Crippen LogP contribution in [-0.2, 0) is 4.74 Å². The molecule has 0 aromatic carbocycles. The summed E-state index contributed by atoms with van der Waals surface area (Å²) in [4.78, 5) is 11.9. The van der Waals surface area contributed by atoms with Crippen LogP contribution in [0.2, 0.25) is 0 Å². The molecule has 116 valence electrons. The van der Waals surface area contributed by atoms with Crippen LogP contribution in [-0.4, -0.2) is 23.8 Å². The van der Waals surface area contributed by atoms with Gasteiger partial charge in [-0.15, -0.1) is 0 Å². The van der Waals surface area contributed by atoms with Gasteiger partial charge in [0, 0.05) is 12.1 Å². The third kappa shape index (κ3) is 3.46. The first-order valence-electron chi connectivity index (χ1n) is 7.86. The molecule has 2 aliphatic carbocycles. The van der Waals surface area contributed by atoms with Gasteiger partial charge in [-0.3, -0.25) is 0 Å². The van der Waals surface area contributed by atoms with Gasteiger partial charge in [0.1, 0.15) is 5.60 Å².